The monoisotopic (exact) mass is 208 g/mol. The molecule has 0 aliphatic carbocycles. The van der Waals surface area contributed by atoms with Gasteiger partial charge in [-0.3, -0.25) is 4.98 Å². The van der Waals surface area contributed by atoms with Crippen LogP contribution in [0.5, 0.6) is 0 Å². The Balaban J connectivity index is 1.93. The maximum absolute atomic E-state index is 5.26. The van der Waals surface area contributed by atoms with E-state index >= 15 is 0 Å². The Bertz CT molecular complexity index is 239. The Labute approximate surface area is 91.9 Å². The average Bonchev–Trinajstić information content (AvgIpc) is 2.29. The average molecular weight is 208 g/mol. The first-order valence-electron chi connectivity index (χ1n) is 5.61. The van der Waals surface area contributed by atoms with E-state index in [4.69, 9.17) is 4.74 Å². The summed E-state index contributed by atoms with van der Waals surface area (Å²) in [6.07, 6.45) is 5.99. The Morgan fingerprint density at radius 1 is 1.40 bits per heavy atom. The van der Waals surface area contributed by atoms with Gasteiger partial charge in [0.15, 0.2) is 0 Å². The molecule has 3 nitrogen and oxygen atoms in total. The fraction of sp³-hybridized carbons (Fsp3) is 0.583. The molecule has 1 heterocycles. The number of ether oxygens (including phenoxy) is 1. The van der Waals surface area contributed by atoms with Crippen LogP contribution in [0.2, 0.25) is 0 Å². The van der Waals surface area contributed by atoms with Gasteiger partial charge in [0.25, 0.3) is 0 Å². The van der Waals surface area contributed by atoms with Crippen LogP contribution in [0.25, 0.3) is 0 Å². The third-order valence-corrected chi connectivity index (χ3v) is 2.15. The zero-order valence-electron chi connectivity index (χ0n) is 9.41. The van der Waals surface area contributed by atoms with Crippen molar-refractivity contribution in [1.82, 2.24) is 10.3 Å². The third-order valence-electron chi connectivity index (χ3n) is 2.15. The van der Waals surface area contributed by atoms with Crippen LogP contribution in [0.4, 0.5) is 0 Å². The van der Waals surface area contributed by atoms with Gasteiger partial charge in [0.1, 0.15) is 0 Å². The van der Waals surface area contributed by atoms with Crippen LogP contribution in [0.3, 0.4) is 0 Å². The summed E-state index contributed by atoms with van der Waals surface area (Å²) < 4.78 is 5.26. The molecule has 1 aromatic heterocycles. The second kappa shape index (κ2) is 8.38. The molecule has 0 aliphatic heterocycles. The standard InChI is InChI=1S/C12H20N2O/c1-2-15-9-4-3-7-13-10-12-6-5-8-14-11-12/h5-6,8,11,13H,2-4,7,9-10H2,1H3. The van der Waals surface area contributed by atoms with Gasteiger partial charge in [-0.15, -0.1) is 0 Å². The number of hydrogen-bond donors (Lipinski definition) is 1. The van der Waals surface area contributed by atoms with Gasteiger partial charge in [0, 0.05) is 32.2 Å². The van der Waals surface area contributed by atoms with Crippen LogP contribution < -0.4 is 5.32 Å². The molecule has 1 aromatic rings. The first kappa shape index (κ1) is 12.1. The second-order valence-electron chi connectivity index (χ2n) is 3.44. The van der Waals surface area contributed by atoms with Crippen molar-refractivity contribution < 1.29 is 4.74 Å². The van der Waals surface area contributed by atoms with Crippen molar-refractivity contribution in [2.45, 2.75) is 26.3 Å². The molecule has 0 radical (unpaired) electrons. The predicted molar refractivity (Wildman–Crippen MR) is 61.7 cm³/mol. The van der Waals surface area contributed by atoms with E-state index in [1.165, 1.54) is 12.0 Å². The van der Waals surface area contributed by atoms with Gasteiger partial charge >= 0.3 is 0 Å². The number of rotatable bonds is 8. The Morgan fingerprint density at radius 3 is 3.07 bits per heavy atom. The van der Waals surface area contributed by atoms with Crippen molar-refractivity contribution in [3.63, 3.8) is 0 Å². The lowest BCUT2D eigenvalue weighted by Crippen LogP contribution is -2.15. The Morgan fingerprint density at radius 2 is 2.33 bits per heavy atom. The second-order valence-corrected chi connectivity index (χ2v) is 3.44. The summed E-state index contributed by atoms with van der Waals surface area (Å²) in [4.78, 5) is 4.06. The molecule has 0 saturated heterocycles. The van der Waals surface area contributed by atoms with Crippen molar-refractivity contribution in [3.8, 4) is 0 Å². The molecule has 0 atom stereocenters. The van der Waals surface area contributed by atoms with Gasteiger partial charge in [-0.1, -0.05) is 6.07 Å². The molecule has 0 spiro atoms. The minimum absolute atomic E-state index is 0.823. The zero-order valence-corrected chi connectivity index (χ0v) is 9.41. The maximum Gasteiger partial charge on any atom is 0.0466 e. The van der Waals surface area contributed by atoms with E-state index in [9.17, 15) is 0 Å². The summed E-state index contributed by atoms with van der Waals surface area (Å²) in [6, 6.07) is 4.05. The molecule has 0 aromatic carbocycles. The fourth-order valence-corrected chi connectivity index (χ4v) is 1.33. The van der Waals surface area contributed by atoms with E-state index in [0.717, 1.165) is 32.7 Å². The van der Waals surface area contributed by atoms with Crippen LogP contribution in [-0.4, -0.2) is 24.7 Å². The highest BCUT2D eigenvalue weighted by Gasteiger charge is 1.91. The molecular formula is C12H20N2O. The van der Waals surface area contributed by atoms with E-state index in [1.54, 1.807) is 6.20 Å². The van der Waals surface area contributed by atoms with Crippen molar-refractivity contribution in [2.24, 2.45) is 0 Å². The highest BCUT2D eigenvalue weighted by molar-refractivity contribution is 5.07. The Kier molecular flexibility index (Phi) is 6.79. The first-order valence-corrected chi connectivity index (χ1v) is 5.61. The third kappa shape index (κ3) is 6.20. The van der Waals surface area contributed by atoms with Crippen LogP contribution in [0, 0.1) is 0 Å². The van der Waals surface area contributed by atoms with Crippen molar-refractivity contribution in [2.75, 3.05) is 19.8 Å². The SMILES string of the molecule is CCOCCCCNCc1cccnc1. The quantitative estimate of drug-likeness (QED) is 0.663. The Hall–Kier alpha value is -0.930. The first-order chi connectivity index (χ1) is 7.43. The van der Waals surface area contributed by atoms with Gasteiger partial charge in [-0.05, 0) is 37.9 Å². The summed E-state index contributed by atoms with van der Waals surface area (Å²) in [5.41, 5.74) is 1.24. The normalized spacial score (nSPS) is 10.5. The summed E-state index contributed by atoms with van der Waals surface area (Å²) in [5, 5.41) is 3.38. The van der Waals surface area contributed by atoms with Crippen molar-refractivity contribution >= 4 is 0 Å². The molecule has 1 rings (SSSR count). The molecule has 0 unspecified atom stereocenters. The van der Waals surface area contributed by atoms with Gasteiger partial charge in [-0.25, -0.2) is 0 Å². The van der Waals surface area contributed by atoms with Gasteiger partial charge in [0.2, 0.25) is 0 Å². The molecule has 3 heteroatoms. The summed E-state index contributed by atoms with van der Waals surface area (Å²) >= 11 is 0. The van der Waals surface area contributed by atoms with Crippen LogP contribution in [0.15, 0.2) is 24.5 Å². The lowest BCUT2D eigenvalue weighted by atomic mass is 10.2. The largest absolute Gasteiger partial charge is 0.382 e. The topological polar surface area (TPSA) is 34.1 Å². The van der Waals surface area contributed by atoms with Crippen molar-refractivity contribution in [1.29, 1.82) is 0 Å². The molecule has 0 fully saturated rings. The van der Waals surface area contributed by atoms with Crippen LogP contribution >= 0.6 is 0 Å². The number of hydrogen-bond acceptors (Lipinski definition) is 3. The fourth-order valence-electron chi connectivity index (χ4n) is 1.33. The van der Waals surface area contributed by atoms with E-state index in [1.807, 2.05) is 19.2 Å². The number of pyridine rings is 1. The highest BCUT2D eigenvalue weighted by atomic mass is 16.5. The predicted octanol–water partition coefficient (Wildman–Crippen LogP) is 1.99. The van der Waals surface area contributed by atoms with E-state index in [0.29, 0.717) is 0 Å². The summed E-state index contributed by atoms with van der Waals surface area (Å²) in [5.74, 6) is 0. The lowest BCUT2D eigenvalue weighted by Gasteiger charge is -2.04. The van der Waals surface area contributed by atoms with E-state index in [-0.39, 0.29) is 0 Å². The molecule has 0 aliphatic rings. The minimum atomic E-state index is 0.823. The molecule has 0 amide bonds. The summed E-state index contributed by atoms with van der Waals surface area (Å²) in [6.45, 7) is 5.68. The van der Waals surface area contributed by atoms with Gasteiger partial charge < -0.3 is 10.1 Å². The molecular weight excluding hydrogens is 188 g/mol. The molecule has 15 heavy (non-hydrogen) atoms. The summed E-state index contributed by atoms with van der Waals surface area (Å²) in [7, 11) is 0. The van der Waals surface area contributed by atoms with Crippen molar-refractivity contribution in [3.05, 3.63) is 30.1 Å². The smallest absolute Gasteiger partial charge is 0.0466 e. The minimum Gasteiger partial charge on any atom is -0.382 e. The molecule has 1 N–H and O–H groups in total. The van der Waals surface area contributed by atoms with Gasteiger partial charge in [0.05, 0.1) is 0 Å². The number of nitrogens with zero attached hydrogens (tertiary/aromatic N) is 1. The van der Waals surface area contributed by atoms with E-state index < -0.39 is 0 Å². The highest BCUT2D eigenvalue weighted by Crippen LogP contribution is 1.95. The van der Waals surface area contributed by atoms with E-state index in [2.05, 4.69) is 16.4 Å². The molecule has 0 saturated carbocycles. The lowest BCUT2D eigenvalue weighted by molar-refractivity contribution is 0.143. The maximum atomic E-state index is 5.26. The number of nitrogens with one attached hydrogen (secondary N) is 1. The molecule has 0 bridgehead atoms. The number of unbranched alkanes of at least 4 members (excludes halogenated alkanes) is 1. The number of aromatic nitrogens is 1. The molecule has 84 valence electrons. The van der Waals surface area contributed by atoms with Gasteiger partial charge in [-0.2, -0.15) is 0 Å². The van der Waals surface area contributed by atoms with Crippen LogP contribution in [0.1, 0.15) is 25.3 Å². The van der Waals surface area contributed by atoms with Crippen LogP contribution in [-0.2, 0) is 11.3 Å². The zero-order chi connectivity index (χ0) is 10.8.